The van der Waals surface area contributed by atoms with Crippen LogP contribution in [0.4, 0.5) is 0 Å². The van der Waals surface area contributed by atoms with Crippen molar-refractivity contribution in [2.75, 3.05) is 26.9 Å². The third kappa shape index (κ3) is 4.59. The number of imidazole rings is 1. The van der Waals surface area contributed by atoms with Crippen molar-refractivity contribution in [1.29, 1.82) is 0 Å². The van der Waals surface area contributed by atoms with Gasteiger partial charge in [0, 0.05) is 39.0 Å². The van der Waals surface area contributed by atoms with E-state index in [1.165, 1.54) is 0 Å². The summed E-state index contributed by atoms with van der Waals surface area (Å²) >= 11 is 0. The third-order valence-electron chi connectivity index (χ3n) is 4.29. The second-order valence-corrected chi connectivity index (χ2v) is 7.83. The normalized spacial score (nSPS) is 17.2. The maximum Gasteiger partial charge on any atom is 0.240 e. The summed E-state index contributed by atoms with van der Waals surface area (Å²) in [5, 5.41) is 0. The highest BCUT2D eigenvalue weighted by atomic mass is 32.2. The average Bonchev–Trinajstić information content (AvgIpc) is 3.08. The van der Waals surface area contributed by atoms with Gasteiger partial charge in [-0.05, 0) is 36.6 Å². The molecule has 0 spiro atoms. The summed E-state index contributed by atoms with van der Waals surface area (Å²) in [6.45, 7) is 2.14. The van der Waals surface area contributed by atoms with Crippen molar-refractivity contribution < 1.29 is 17.9 Å². The van der Waals surface area contributed by atoms with Gasteiger partial charge in [0.05, 0.1) is 11.5 Å². The van der Waals surface area contributed by atoms with Crippen molar-refractivity contribution in [3.63, 3.8) is 0 Å². The molecule has 8 heteroatoms. The van der Waals surface area contributed by atoms with E-state index in [2.05, 4.69) is 14.3 Å². The Hall–Kier alpha value is -1.90. The van der Waals surface area contributed by atoms with E-state index in [9.17, 15) is 8.42 Å². The van der Waals surface area contributed by atoms with Gasteiger partial charge in [0.2, 0.25) is 10.0 Å². The van der Waals surface area contributed by atoms with Crippen LogP contribution in [0.25, 0.3) is 0 Å². The lowest BCUT2D eigenvalue weighted by atomic mass is 10.00. The number of rotatable bonds is 8. The minimum atomic E-state index is -3.52. The molecule has 1 aliphatic heterocycles. The number of nitrogens with zero attached hydrogens (tertiary/aromatic N) is 2. The number of methoxy groups -OCH3 is 1. The number of benzene rings is 1. The van der Waals surface area contributed by atoms with Crippen LogP contribution in [0.3, 0.4) is 0 Å². The molecule has 3 rings (SSSR count). The zero-order valence-electron chi connectivity index (χ0n) is 14.2. The first-order chi connectivity index (χ1) is 12.1. The number of hydrogen-bond acceptors (Lipinski definition) is 5. The molecule has 7 nitrogen and oxygen atoms in total. The van der Waals surface area contributed by atoms with Crippen molar-refractivity contribution in [3.8, 4) is 5.75 Å². The SMILES string of the molecule is COCCOc1ccc(S(=O)(=O)NCC2CCc3nccn3C2)cc1. The van der Waals surface area contributed by atoms with Crippen molar-refractivity contribution in [2.24, 2.45) is 5.92 Å². The quantitative estimate of drug-likeness (QED) is 0.716. The van der Waals surface area contributed by atoms with Crippen LogP contribution in [-0.2, 0) is 27.7 Å². The molecule has 2 aromatic rings. The minimum Gasteiger partial charge on any atom is -0.491 e. The van der Waals surface area contributed by atoms with Crippen LogP contribution >= 0.6 is 0 Å². The smallest absolute Gasteiger partial charge is 0.240 e. The summed E-state index contributed by atoms with van der Waals surface area (Å²) in [7, 11) is -1.92. The lowest BCUT2D eigenvalue weighted by Gasteiger charge is -2.23. The van der Waals surface area contributed by atoms with Gasteiger partial charge in [-0.1, -0.05) is 0 Å². The Kier molecular flexibility index (Phi) is 5.72. The molecule has 136 valence electrons. The summed E-state index contributed by atoms with van der Waals surface area (Å²) in [5.41, 5.74) is 0. The standard InChI is InChI=1S/C17H23N3O4S/c1-23-10-11-24-15-3-5-16(6-4-15)25(21,22)19-12-14-2-7-17-18-8-9-20(17)13-14/h3-6,8-9,14,19H,2,7,10-13H2,1H3. The molecule has 0 aliphatic carbocycles. The molecule has 0 saturated heterocycles. The van der Waals surface area contributed by atoms with E-state index in [1.807, 2.05) is 6.20 Å². The Morgan fingerprint density at radius 2 is 2.08 bits per heavy atom. The van der Waals surface area contributed by atoms with Gasteiger partial charge >= 0.3 is 0 Å². The molecular weight excluding hydrogens is 342 g/mol. The summed E-state index contributed by atoms with van der Waals surface area (Å²) in [4.78, 5) is 4.53. The van der Waals surface area contributed by atoms with Crippen LogP contribution in [-0.4, -0.2) is 44.8 Å². The van der Waals surface area contributed by atoms with Crippen LogP contribution < -0.4 is 9.46 Å². The average molecular weight is 365 g/mol. The molecule has 1 unspecified atom stereocenters. The lowest BCUT2D eigenvalue weighted by molar-refractivity contribution is 0.146. The Balaban J connectivity index is 1.55. The first kappa shape index (κ1) is 17.9. The second kappa shape index (κ2) is 7.99. The van der Waals surface area contributed by atoms with E-state index in [4.69, 9.17) is 9.47 Å². The monoisotopic (exact) mass is 365 g/mol. The fourth-order valence-corrected chi connectivity index (χ4v) is 3.99. The van der Waals surface area contributed by atoms with Crippen molar-refractivity contribution in [2.45, 2.75) is 24.3 Å². The number of nitrogens with one attached hydrogen (secondary N) is 1. The molecule has 1 aliphatic rings. The zero-order chi connectivity index (χ0) is 17.7. The molecule has 0 fully saturated rings. The summed E-state index contributed by atoms with van der Waals surface area (Å²) in [6, 6.07) is 6.42. The van der Waals surface area contributed by atoms with E-state index < -0.39 is 10.0 Å². The molecule has 25 heavy (non-hydrogen) atoms. The number of hydrogen-bond donors (Lipinski definition) is 1. The van der Waals surface area contributed by atoms with Crippen LogP contribution in [0, 0.1) is 5.92 Å². The number of sulfonamides is 1. The Morgan fingerprint density at radius 1 is 1.28 bits per heavy atom. The van der Waals surface area contributed by atoms with Gasteiger partial charge in [-0.2, -0.15) is 0 Å². The molecule has 2 heterocycles. The Labute approximate surface area is 148 Å². The van der Waals surface area contributed by atoms with Crippen LogP contribution in [0.1, 0.15) is 12.2 Å². The summed E-state index contributed by atoms with van der Waals surface area (Å²) in [5.74, 6) is 1.97. The van der Waals surface area contributed by atoms with Gasteiger partial charge in [-0.15, -0.1) is 0 Å². The molecule has 1 N–H and O–H groups in total. The zero-order valence-corrected chi connectivity index (χ0v) is 15.0. The molecule has 1 aromatic carbocycles. The highest BCUT2D eigenvalue weighted by molar-refractivity contribution is 7.89. The highest BCUT2D eigenvalue weighted by Gasteiger charge is 2.21. The summed E-state index contributed by atoms with van der Waals surface area (Å²) < 4.78 is 40.1. The first-order valence-electron chi connectivity index (χ1n) is 8.30. The van der Waals surface area contributed by atoms with Crippen molar-refractivity contribution in [3.05, 3.63) is 42.5 Å². The lowest BCUT2D eigenvalue weighted by Crippen LogP contribution is -2.33. The number of fused-ring (bicyclic) bond motifs is 1. The minimum absolute atomic E-state index is 0.241. The predicted octanol–water partition coefficient (Wildman–Crippen LogP) is 1.45. The van der Waals surface area contributed by atoms with Crippen LogP contribution in [0.2, 0.25) is 0 Å². The largest absolute Gasteiger partial charge is 0.491 e. The van der Waals surface area contributed by atoms with Gasteiger partial charge in [0.25, 0.3) is 0 Å². The van der Waals surface area contributed by atoms with E-state index in [0.29, 0.717) is 25.5 Å². The summed E-state index contributed by atoms with van der Waals surface area (Å²) in [6.07, 6.45) is 5.55. The van der Waals surface area contributed by atoms with Crippen molar-refractivity contribution >= 4 is 10.0 Å². The molecule has 0 saturated carbocycles. The number of aromatic nitrogens is 2. The van der Waals surface area contributed by atoms with Gasteiger partial charge in [0.15, 0.2) is 0 Å². The first-order valence-corrected chi connectivity index (χ1v) is 9.78. The topological polar surface area (TPSA) is 82.4 Å². The van der Waals surface area contributed by atoms with Crippen LogP contribution in [0.5, 0.6) is 5.75 Å². The third-order valence-corrected chi connectivity index (χ3v) is 5.72. The second-order valence-electron chi connectivity index (χ2n) is 6.07. The number of aryl methyl sites for hydroxylation is 1. The molecule has 0 bridgehead atoms. The molecule has 0 amide bonds. The van der Waals surface area contributed by atoms with E-state index in [1.54, 1.807) is 37.6 Å². The Morgan fingerprint density at radius 3 is 2.84 bits per heavy atom. The van der Waals surface area contributed by atoms with Gasteiger partial charge in [0.1, 0.15) is 18.2 Å². The fourth-order valence-electron chi connectivity index (χ4n) is 2.87. The predicted molar refractivity (Wildman–Crippen MR) is 93.0 cm³/mol. The Bertz CT molecular complexity index is 786. The fraction of sp³-hybridized carbons (Fsp3) is 0.471. The van der Waals surface area contributed by atoms with E-state index >= 15 is 0 Å². The number of ether oxygens (including phenoxy) is 2. The molecule has 0 radical (unpaired) electrons. The highest BCUT2D eigenvalue weighted by Crippen LogP contribution is 2.20. The van der Waals surface area contributed by atoms with Crippen LogP contribution in [0.15, 0.2) is 41.6 Å². The van der Waals surface area contributed by atoms with Gasteiger partial charge in [-0.25, -0.2) is 18.1 Å². The van der Waals surface area contributed by atoms with E-state index in [0.717, 1.165) is 25.2 Å². The molecule has 1 atom stereocenters. The van der Waals surface area contributed by atoms with Gasteiger partial charge < -0.3 is 14.0 Å². The maximum atomic E-state index is 12.5. The maximum absolute atomic E-state index is 12.5. The molecule has 1 aromatic heterocycles. The van der Waals surface area contributed by atoms with E-state index in [-0.39, 0.29) is 10.8 Å². The molecular formula is C17H23N3O4S. The van der Waals surface area contributed by atoms with Crippen molar-refractivity contribution in [1.82, 2.24) is 14.3 Å². The van der Waals surface area contributed by atoms with Gasteiger partial charge in [-0.3, -0.25) is 0 Å².